The SMILES string of the molecule is Cc1ncnc(C)c1-c1cc([N+](=O)[O-])ccc1OOC(=O)N1CCCCC1. The number of benzene rings is 1. The van der Waals surface area contributed by atoms with Crippen LogP contribution in [-0.4, -0.2) is 39.0 Å². The third-order valence-electron chi connectivity index (χ3n) is 4.49. The molecule has 0 aliphatic carbocycles. The number of hydrogen-bond donors (Lipinski definition) is 0. The van der Waals surface area contributed by atoms with Gasteiger partial charge in [-0.25, -0.2) is 19.7 Å². The summed E-state index contributed by atoms with van der Waals surface area (Å²) in [6.07, 6.45) is 3.79. The third kappa shape index (κ3) is 4.13. The van der Waals surface area contributed by atoms with Gasteiger partial charge in [-0.3, -0.25) is 15.0 Å². The Labute approximate surface area is 156 Å². The molecule has 2 aromatic rings. The Kier molecular flexibility index (Phi) is 5.49. The van der Waals surface area contributed by atoms with E-state index >= 15 is 0 Å². The number of nitro groups is 1. The second kappa shape index (κ2) is 7.98. The number of non-ortho nitro benzene ring substituents is 1. The Morgan fingerprint density at radius 1 is 1.15 bits per heavy atom. The van der Waals surface area contributed by atoms with Gasteiger partial charge in [-0.15, -0.1) is 0 Å². The van der Waals surface area contributed by atoms with Gasteiger partial charge in [0.15, 0.2) is 5.75 Å². The zero-order chi connectivity index (χ0) is 19.4. The lowest BCUT2D eigenvalue weighted by Gasteiger charge is -2.24. The van der Waals surface area contributed by atoms with Crippen LogP contribution in [0.15, 0.2) is 24.5 Å². The molecule has 142 valence electrons. The Morgan fingerprint density at radius 3 is 2.44 bits per heavy atom. The molecule has 1 aromatic carbocycles. The van der Waals surface area contributed by atoms with Gasteiger partial charge in [0.25, 0.3) is 5.69 Å². The summed E-state index contributed by atoms with van der Waals surface area (Å²) in [4.78, 5) is 43.0. The minimum atomic E-state index is -0.572. The first-order chi connectivity index (χ1) is 13.0. The molecule has 9 heteroatoms. The molecule has 1 aliphatic heterocycles. The van der Waals surface area contributed by atoms with E-state index in [2.05, 4.69) is 9.97 Å². The minimum Gasteiger partial charge on any atom is -0.305 e. The molecule has 0 saturated carbocycles. The van der Waals surface area contributed by atoms with Gasteiger partial charge in [0.05, 0.1) is 4.92 Å². The highest BCUT2D eigenvalue weighted by atomic mass is 17.2. The van der Waals surface area contributed by atoms with Crippen molar-refractivity contribution >= 4 is 11.8 Å². The van der Waals surface area contributed by atoms with Crippen LogP contribution in [-0.2, 0) is 4.89 Å². The highest BCUT2D eigenvalue weighted by Crippen LogP contribution is 2.36. The summed E-state index contributed by atoms with van der Waals surface area (Å²) in [5.74, 6) is 0.187. The van der Waals surface area contributed by atoms with Crippen molar-refractivity contribution < 1.29 is 19.5 Å². The zero-order valence-electron chi connectivity index (χ0n) is 15.2. The molecule has 0 atom stereocenters. The van der Waals surface area contributed by atoms with Gasteiger partial charge in [0, 0.05) is 47.7 Å². The van der Waals surface area contributed by atoms with Crippen molar-refractivity contribution in [2.45, 2.75) is 33.1 Å². The monoisotopic (exact) mass is 372 g/mol. The fourth-order valence-electron chi connectivity index (χ4n) is 3.09. The molecule has 0 N–H and O–H groups in total. The van der Waals surface area contributed by atoms with Crippen molar-refractivity contribution in [2.24, 2.45) is 0 Å². The smallest absolute Gasteiger partial charge is 0.305 e. The summed E-state index contributed by atoms with van der Waals surface area (Å²) >= 11 is 0. The van der Waals surface area contributed by atoms with Crippen molar-refractivity contribution in [3.63, 3.8) is 0 Å². The average molecular weight is 372 g/mol. The summed E-state index contributed by atoms with van der Waals surface area (Å²) in [7, 11) is 0. The molecule has 27 heavy (non-hydrogen) atoms. The van der Waals surface area contributed by atoms with Crippen molar-refractivity contribution in [1.29, 1.82) is 0 Å². The maximum absolute atomic E-state index is 12.2. The number of aromatic nitrogens is 2. The molecule has 1 saturated heterocycles. The normalized spacial score (nSPS) is 13.9. The third-order valence-corrected chi connectivity index (χ3v) is 4.49. The van der Waals surface area contributed by atoms with Gasteiger partial charge < -0.3 is 4.90 Å². The zero-order valence-corrected chi connectivity index (χ0v) is 15.2. The van der Waals surface area contributed by atoms with Crippen LogP contribution in [0, 0.1) is 24.0 Å². The fraction of sp³-hybridized carbons (Fsp3) is 0.389. The van der Waals surface area contributed by atoms with E-state index in [0.29, 0.717) is 35.6 Å². The van der Waals surface area contributed by atoms with E-state index in [1.807, 2.05) is 0 Å². The van der Waals surface area contributed by atoms with Gasteiger partial charge in [0.2, 0.25) is 0 Å². The van der Waals surface area contributed by atoms with Crippen LogP contribution in [0.25, 0.3) is 11.1 Å². The molecule has 1 fully saturated rings. The molecule has 1 amide bonds. The summed E-state index contributed by atoms with van der Waals surface area (Å²) in [6.45, 7) is 4.79. The number of aryl methyl sites for hydroxylation is 2. The summed E-state index contributed by atoms with van der Waals surface area (Å²) in [5.41, 5.74) is 2.16. The standard InChI is InChI=1S/C18H20N4O5/c1-12-17(13(2)20-11-19-12)15-10-14(22(24)25)6-7-16(15)26-27-18(23)21-8-4-3-5-9-21/h6-7,10-11H,3-5,8-9H2,1-2H3. The Bertz CT molecular complexity index is 845. The van der Waals surface area contributed by atoms with Gasteiger partial charge in [0.1, 0.15) is 6.33 Å². The van der Waals surface area contributed by atoms with Crippen LogP contribution in [0.5, 0.6) is 5.75 Å². The number of carbonyl (C=O) groups is 1. The number of piperidine rings is 1. The van der Waals surface area contributed by atoms with E-state index in [9.17, 15) is 14.9 Å². The number of likely N-dealkylation sites (tertiary alicyclic amines) is 1. The van der Waals surface area contributed by atoms with Gasteiger partial charge in [-0.05, 0) is 39.2 Å². The van der Waals surface area contributed by atoms with E-state index < -0.39 is 11.0 Å². The number of nitro benzene ring substituents is 1. The fourth-order valence-corrected chi connectivity index (χ4v) is 3.09. The van der Waals surface area contributed by atoms with Crippen LogP contribution in [0.3, 0.4) is 0 Å². The van der Waals surface area contributed by atoms with Crippen molar-refractivity contribution in [3.8, 4) is 16.9 Å². The molecule has 9 nitrogen and oxygen atoms in total. The second-order valence-electron chi connectivity index (χ2n) is 6.34. The largest absolute Gasteiger partial charge is 0.452 e. The van der Waals surface area contributed by atoms with Crippen molar-refractivity contribution in [2.75, 3.05) is 13.1 Å². The molecule has 0 bridgehead atoms. The molecule has 1 aromatic heterocycles. The quantitative estimate of drug-likeness (QED) is 0.458. The van der Waals surface area contributed by atoms with Crippen LogP contribution >= 0.6 is 0 Å². The molecular formula is C18H20N4O5. The lowest BCUT2D eigenvalue weighted by Crippen LogP contribution is -2.36. The van der Waals surface area contributed by atoms with E-state index in [4.69, 9.17) is 9.78 Å². The number of hydrogen-bond acceptors (Lipinski definition) is 7. The molecule has 0 spiro atoms. The lowest BCUT2D eigenvalue weighted by molar-refractivity contribution is -0.384. The van der Waals surface area contributed by atoms with Gasteiger partial charge in [-0.2, -0.15) is 0 Å². The maximum Gasteiger partial charge on any atom is 0.452 e. The number of carbonyl (C=O) groups excluding carboxylic acids is 1. The first kappa shape index (κ1) is 18.6. The Morgan fingerprint density at radius 2 is 1.81 bits per heavy atom. The first-order valence-electron chi connectivity index (χ1n) is 8.68. The van der Waals surface area contributed by atoms with E-state index in [0.717, 1.165) is 19.3 Å². The molecular weight excluding hydrogens is 352 g/mol. The maximum atomic E-state index is 12.2. The number of rotatable bonds is 4. The summed E-state index contributed by atoms with van der Waals surface area (Å²) in [5, 5.41) is 11.2. The molecule has 1 aliphatic rings. The molecule has 0 unspecified atom stereocenters. The van der Waals surface area contributed by atoms with Crippen LogP contribution in [0.1, 0.15) is 30.7 Å². The second-order valence-corrected chi connectivity index (χ2v) is 6.34. The van der Waals surface area contributed by atoms with E-state index in [1.54, 1.807) is 18.7 Å². The van der Waals surface area contributed by atoms with Crippen LogP contribution in [0.4, 0.5) is 10.5 Å². The number of amides is 1. The average Bonchev–Trinajstić information content (AvgIpc) is 2.67. The topological polar surface area (TPSA) is 108 Å². The Hall–Kier alpha value is -3.23. The van der Waals surface area contributed by atoms with Gasteiger partial charge in [-0.1, -0.05) is 0 Å². The number of nitrogens with zero attached hydrogens (tertiary/aromatic N) is 4. The predicted octanol–water partition coefficient (Wildman–Crippen LogP) is 3.58. The van der Waals surface area contributed by atoms with Crippen LogP contribution < -0.4 is 4.89 Å². The first-order valence-corrected chi connectivity index (χ1v) is 8.68. The predicted molar refractivity (Wildman–Crippen MR) is 96.1 cm³/mol. The van der Waals surface area contributed by atoms with Gasteiger partial charge >= 0.3 is 6.09 Å². The Balaban J connectivity index is 1.90. The minimum absolute atomic E-state index is 0.109. The van der Waals surface area contributed by atoms with Crippen molar-refractivity contribution in [1.82, 2.24) is 14.9 Å². The molecule has 0 radical (unpaired) electrons. The lowest BCUT2D eigenvalue weighted by atomic mass is 10.0. The highest BCUT2D eigenvalue weighted by Gasteiger charge is 2.22. The summed E-state index contributed by atoms with van der Waals surface area (Å²) < 4.78 is 0. The molecule has 3 rings (SSSR count). The van der Waals surface area contributed by atoms with E-state index in [1.165, 1.54) is 24.5 Å². The summed E-state index contributed by atoms with van der Waals surface area (Å²) in [6, 6.07) is 4.06. The molecule has 2 heterocycles. The van der Waals surface area contributed by atoms with Crippen molar-refractivity contribution in [3.05, 3.63) is 46.0 Å². The van der Waals surface area contributed by atoms with E-state index in [-0.39, 0.29) is 11.4 Å². The van der Waals surface area contributed by atoms with Crippen LogP contribution in [0.2, 0.25) is 0 Å². The highest BCUT2D eigenvalue weighted by molar-refractivity contribution is 5.76.